The van der Waals surface area contributed by atoms with Crippen LogP contribution in [-0.2, 0) is 11.0 Å². The van der Waals surface area contributed by atoms with Gasteiger partial charge in [-0.1, -0.05) is 0 Å². The summed E-state index contributed by atoms with van der Waals surface area (Å²) in [4.78, 5) is 21.7. The van der Waals surface area contributed by atoms with Crippen LogP contribution >= 0.6 is 0 Å². The van der Waals surface area contributed by atoms with Crippen LogP contribution in [0.2, 0.25) is 0 Å². The highest BCUT2D eigenvalue weighted by Gasteiger charge is 2.32. The minimum atomic E-state index is -4.43. The number of aldehydes is 1. The first kappa shape index (κ1) is 15.6. The number of rotatable bonds is 4. The summed E-state index contributed by atoms with van der Waals surface area (Å²) in [6, 6.07) is 0. The van der Waals surface area contributed by atoms with Crippen molar-refractivity contribution in [3.05, 3.63) is 18.0 Å². The standard InChI is InChI=1S/C12H16F3N5O/c13-12(14,15)9-7-17-11(18-8-9)20-4-2-19(3-5-20)10(16)1-6-21/h6-8,10H,1-5,16H2/t10-/m0/s1. The van der Waals surface area contributed by atoms with E-state index in [0.717, 1.165) is 18.7 Å². The molecule has 0 spiro atoms. The van der Waals surface area contributed by atoms with Gasteiger partial charge in [0.1, 0.15) is 6.29 Å². The van der Waals surface area contributed by atoms with Crippen molar-refractivity contribution in [3.8, 4) is 0 Å². The maximum Gasteiger partial charge on any atom is 0.419 e. The largest absolute Gasteiger partial charge is 0.419 e. The summed E-state index contributed by atoms with van der Waals surface area (Å²) >= 11 is 0. The Balaban J connectivity index is 1.95. The van der Waals surface area contributed by atoms with E-state index in [1.54, 1.807) is 4.90 Å². The van der Waals surface area contributed by atoms with E-state index in [9.17, 15) is 18.0 Å². The van der Waals surface area contributed by atoms with Crippen molar-refractivity contribution in [1.29, 1.82) is 0 Å². The number of nitrogens with two attached hydrogens (primary N) is 1. The van der Waals surface area contributed by atoms with Crippen LogP contribution < -0.4 is 10.6 Å². The third kappa shape index (κ3) is 3.88. The molecular formula is C12H16F3N5O. The number of piperazine rings is 1. The molecule has 21 heavy (non-hydrogen) atoms. The van der Waals surface area contributed by atoms with Crippen LogP contribution in [0.3, 0.4) is 0 Å². The number of nitrogens with zero attached hydrogens (tertiary/aromatic N) is 4. The average Bonchev–Trinajstić information content (AvgIpc) is 2.47. The van der Waals surface area contributed by atoms with E-state index < -0.39 is 11.7 Å². The maximum atomic E-state index is 12.4. The van der Waals surface area contributed by atoms with Gasteiger partial charge in [0.05, 0.1) is 11.7 Å². The zero-order valence-electron chi connectivity index (χ0n) is 11.3. The third-order valence-electron chi connectivity index (χ3n) is 3.37. The van der Waals surface area contributed by atoms with Gasteiger partial charge in [-0.05, 0) is 0 Å². The van der Waals surface area contributed by atoms with Gasteiger partial charge in [-0.25, -0.2) is 9.97 Å². The molecule has 0 unspecified atom stereocenters. The van der Waals surface area contributed by atoms with Gasteiger partial charge in [0, 0.05) is 45.0 Å². The quantitative estimate of drug-likeness (QED) is 0.816. The van der Waals surface area contributed by atoms with Crippen molar-refractivity contribution in [2.24, 2.45) is 5.73 Å². The van der Waals surface area contributed by atoms with Crippen LogP contribution in [0.5, 0.6) is 0 Å². The van der Waals surface area contributed by atoms with Crippen molar-refractivity contribution in [2.75, 3.05) is 31.1 Å². The predicted octanol–water partition coefficient (Wildman–Crippen LogP) is 0.491. The lowest BCUT2D eigenvalue weighted by Gasteiger charge is -2.37. The van der Waals surface area contributed by atoms with E-state index in [2.05, 4.69) is 9.97 Å². The van der Waals surface area contributed by atoms with Crippen molar-refractivity contribution in [2.45, 2.75) is 18.8 Å². The molecule has 1 aliphatic rings. The smallest absolute Gasteiger partial charge is 0.338 e. The molecule has 1 saturated heterocycles. The molecule has 1 aromatic rings. The lowest BCUT2D eigenvalue weighted by atomic mass is 10.2. The van der Waals surface area contributed by atoms with Gasteiger partial charge in [0.15, 0.2) is 0 Å². The van der Waals surface area contributed by atoms with Crippen LogP contribution in [0.15, 0.2) is 12.4 Å². The molecule has 1 aliphatic heterocycles. The van der Waals surface area contributed by atoms with Gasteiger partial charge in [-0.15, -0.1) is 0 Å². The first-order valence-electron chi connectivity index (χ1n) is 6.49. The number of halogens is 3. The van der Waals surface area contributed by atoms with Gasteiger partial charge < -0.3 is 15.4 Å². The summed E-state index contributed by atoms with van der Waals surface area (Å²) in [7, 11) is 0. The molecule has 1 fully saturated rings. The van der Waals surface area contributed by atoms with Crippen molar-refractivity contribution in [3.63, 3.8) is 0 Å². The van der Waals surface area contributed by atoms with Gasteiger partial charge in [0.2, 0.25) is 5.95 Å². The number of carbonyl (C=O) groups excluding carboxylic acids is 1. The van der Waals surface area contributed by atoms with Crippen LogP contribution in [0.4, 0.5) is 19.1 Å². The molecule has 9 heteroatoms. The zero-order chi connectivity index (χ0) is 15.5. The fraction of sp³-hybridized carbons (Fsp3) is 0.583. The topological polar surface area (TPSA) is 75.4 Å². The fourth-order valence-electron chi connectivity index (χ4n) is 2.13. The highest BCUT2D eigenvalue weighted by Crippen LogP contribution is 2.28. The summed E-state index contributed by atoms with van der Waals surface area (Å²) < 4.78 is 37.3. The first-order valence-corrected chi connectivity index (χ1v) is 6.49. The monoisotopic (exact) mass is 303 g/mol. The van der Waals surface area contributed by atoms with Gasteiger partial charge in [0.25, 0.3) is 0 Å². The number of carbonyl (C=O) groups is 1. The van der Waals surface area contributed by atoms with Crippen LogP contribution in [0.1, 0.15) is 12.0 Å². The molecule has 2 rings (SSSR count). The summed E-state index contributed by atoms with van der Waals surface area (Å²) in [5.74, 6) is 0.270. The molecule has 0 bridgehead atoms. The molecule has 0 saturated carbocycles. The van der Waals surface area contributed by atoms with Crippen molar-refractivity contribution < 1.29 is 18.0 Å². The molecule has 2 heterocycles. The maximum absolute atomic E-state index is 12.4. The summed E-state index contributed by atoms with van der Waals surface area (Å²) in [6.45, 7) is 2.33. The van der Waals surface area contributed by atoms with Gasteiger partial charge in [-0.2, -0.15) is 13.2 Å². The van der Waals surface area contributed by atoms with Gasteiger partial charge in [-0.3, -0.25) is 4.90 Å². The Labute approximate surface area is 119 Å². The van der Waals surface area contributed by atoms with E-state index in [1.807, 2.05) is 4.90 Å². The molecule has 1 aromatic heterocycles. The Hall–Kier alpha value is -1.74. The fourth-order valence-corrected chi connectivity index (χ4v) is 2.13. The third-order valence-corrected chi connectivity index (χ3v) is 3.37. The highest BCUT2D eigenvalue weighted by atomic mass is 19.4. The molecule has 6 nitrogen and oxygen atoms in total. The molecule has 2 N–H and O–H groups in total. The number of hydrogen-bond donors (Lipinski definition) is 1. The van der Waals surface area contributed by atoms with E-state index >= 15 is 0 Å². The summed E-state index contributed by atoms with van der Waals surface area (Å²) in [5, 5.41) is 0. The second kappa shape index (κ2) is 6.35. The Morgan fingerprint density at radius 3 is 2.29 bits per heavy atom. The summed E-state index contributed by atoms with van der Waals surface area (Å²) in [5.41, 5.74) is 4.97. The van der Waals surface area contributed by atoms with E-state index in [0.29, 0.717) is 26.2 Å². The van der Waals surface area contributed by atoms with Crippen molar-refractivity contribution >= 4 is 12.2 Å². The van der Waals surface area contributed by atoms with Crippen LogP contribution in [-0.4, -0.2) is 53.5 Å². The number of alkyl halides is 3. The van der Waals surface area contributed by atoms with E-state index in [4.69, 9.17) is 5.73 Å². The Morgan fingerprint density at radius 1 is 1.24 bits per heavy atom. The molecular weight excluding hydrogens is 287 g/mol. The lowest BCUT2D eigenvalue weighted by Crippen LogP contribution is -2.53. The number of anilines is 1. The summed E-state index contributed by atoms with van der Waals surface area (Å²) in [6.07, 6.45) is -2.15. The molecule has 0 aliphatic carbocycles. The second-order valence-corrected chi connectivity index (χ2v) is 4.76. The first-order chi connectivity index (χ1) is 9.91. The Kier molecular flexibility index (Phi) is 4.73. The second-order valence-electron chi connectivity index (χ2n) is 4.76. The Bertz CT molecular complexity index is 471. The molecule has 0 aromatic carbocycles. The predicted molar refractivity (Wildman–Crippen MR) is 69.5 cm³/mol. The lowest BCUT2D eigenvalue weighted by molar-refractivity contribution is -0.138. The van der Waals surface area contributed by atoms with Gasteiger partial charge >= 0.3 is 6.18 Å². The van der Waals surface area contributed by atoms with E-state index in [1.165, 1.54) is 0 Å². The van der Waals surface area contributed by atoms with Crippen molar-refractivity contribution in [1.82, 2.24) is 14.9 Å². The normalized spacial score (nSPS) is 18.6. The highest BCUT2D eigenvalue weighted by molar-refractivity contribution is 5.50. The Morgan fingerprint density at radius 2 is 1.81 bits per heavy atom. The average molecular weight is 303 g/mol. The molecule has 0 radical (unpaired) electrons. The van der Waals surface area contributed by atoms with E-state index in [-0.39, 0.29) is 18.5 Å². The molecule has 0 amide bonds. The zero-order valence-corrected chi connectivity index (χ0v) is 11.3. The minimum Gasteiger partial charge on any atom is -0.338 e. The number of aromatic nitrogens is 2. The van der Waals surface area contributed by atoms with Crippen LogP contribution in [0, 0.1) is 0 Å². The van der Waals surface area contributed by atoms with Crippen LogP contribution in [0.25, 0.3) is 0 Å². The SMILES string of the molecule is N[C@H](CC=O)N1CCN(c2ncc(C(F)(F)F)cn2)CC1. The minimum absolute atomic E-state index is 0.261. The number of hydrogen-bond acceptors (Lipinski definition) is 6. The molecule has 1 atom stereocenters. The molecule has 116 valence electrons.